The van der Waals surface area contributed by atoms with Gasteiger partial charge in [0.25, 0.3) is 5.91 Å². The Hall–Kier alpha value is -2.49. The first-order valence-electron chi connectivity index (χ1n) is 10.2. The Balaban J connectivity index is 0.00000341. The smallest absolute Gasteiger partial charge is 0.251 e. The zero-order valence-electron chi connectivity index (χ0n) is 18.5. The molecule has 1 aliphatic heterocycles. The molecule has 168 valence electrons. The number of fused-ring (bicyclic) bond motifs is 1. The number of nitrogens with zero attached hydrogens (tertiary/aromatic N) is 2. The molecule has 2 aromatic rings. The highest BCUT2D eigenvalue weighted by Crippen LogP contribution is 2.33. The van der Waals surface area contributed by atoms with Crippen molar-refractivity contribution < 1.29 is 14.3 Å². The summed E-state index contributed by atoms with van der Waals surface area (Å²) in [5.74, 6) is 2.28. The first-order valence-corrected chi connectivity index (χ1v) is 10.2. The standard InChI is InChI=1S/C23H30N4O3.HI/c1-5-25-23(26-14-16-7-6-8-18(11-16)22(28)24-2)27-10-9-17-12-20(29-3)21(30-4)13-19(17)15-27;/h6-8,11-13H,5,9-10,14-15H2,1-4H3,(H,24,28)(H,25,26);1H. The van der Waals surface area contributed by atoms with Crippen molar-refractivity contribution in [3.63, 3.8) is 0 Å². The molecule has 2 N–H and O–H groups in total. The number of aliphatic imine (C=N–C) groups is 1. The summed E-state index contributed by atoms with van der Waals surface area (Å²) in [6.07, 6.45) is 0.909. The van der Waals surface area contributed by atoms with Crippen LogP contribution in [0.25, 0.3) is 0 Å². The molecule has 0 aromatic heterocycles. The minimum absolute atomic E-state index is 0. The van der Waals surface area contributed by atoms with Crippen LogP contribution in [-0.2, 0) is 19.5 Å². The molecule has 0 unspecified atom stereocenters. The summed E-state index contributed by atoms with van der Waals surface area (Å²) in [7, 11) is 4.95. The average Bonchev–Trinajstić information content (AvgIpc) is 2.80. The van der Waals surface area contributed by atoms with Crippen LogP contribution in [0.1, 0.15) is 34.0 Å². The van der Waals surface area contributed by atoms with Gasteiger partial charge in [0, 0.05) is 32.2 Å². The molecule has 2 aromatic carbocycles. The van der Waals surface area contributed by atoms with Crippen molar-refractivity contribution in [3.05, 3.63) is 58.7 Å². The first kappa shape index (κ1) is 24.8. The van der Waals surface area contributed by atoms with Gasteiger partial charge in [-0.05, 0) is 54.3 Å². The van der Waals surface area contributed by atoms with Crippen LogP contribution >= 0.6 is 24.0 Å². The van der Waals surface area contributed by atoms with E-state index < -0.39 is 0 Å². The van der Waals surface area contributed by atoms with Crippen LogP contribution in [0.5, 0.6) is 11.5 Å². The normalized spacial score (nSPS) is 13.0. The third-order valence-electron chi connectivity index (χ3n) is 5.18. The molecule has 1 aliphatic rings. The largest absolute Gasteiger partial charge is 0.493 e. The Morgan fingerprint density at radius 2 is 1.84 bits per heavy atom. The lowest BCUT2D eigenvalue weighted by Gasteiger charge is -2.32. The van der Waals surface area contributed by atoms with E-state index in [4.69, 9.17) is 14.5 Å². The van der Waals surface area contributed by atoms with Gasteiger partial charge < -0.3 is 25.0 Å². The summed E-state index contributed by atoms with van der Waals surface area (Å²) in [5, 5.41) is 6.05. The second-order valence-corrected chi connectivity index (χ2v) is 7.10. The first-order chi connectivity index (χ1) is 14.6. The number of ether oxygens (including phenoxy) is 2. The molecular formula is C23H31IN4O3. The number of benzene rings is 2. The van der Waals surface area contributed by atoms with Crippen molar-refractivity contribution in [2.75, 3.05) is 34.4 Å². The summed E-state index contributed by atoms with van der Waals surface area (Å²) < 4.78 is 10.9. The van der Waals surface area contributed by atoms with Crippen LogP contribution in [-0.4, -0.2) is 51.1 Å². The van der Waals surface area contributed by atoms with E-state index in [2.05, 4.69) is 34.6 Å². The second kappa shape index (κ2) is 11.8. The number of rotatable bonds is 6. The lowest BCUT2D eigenvalue weighted by molar-refractivity contribution is 0.0963. The lowest BCUT2D eigenvalue weighted by atomic mass is 9.99. The van der Waals surface area contributed by atoms with E-state index in [9.17, 15) is 4.79 Å². The van der Waals surface area contributed by atoms with Gasteiger partial charge in [0.15, 0.2) is 17.5 Å². The van der Waals surface area contributed by atoms with E-state index in [1.807, 2.05) is 18.2 Å². The number of methoxy groups -OCH3 is 2. The van der Waals surface area contributed by atoms with Gasteiger partial charge in [0.05, 0.1) is 20.8 Å². The van der Waals surface area contributed by atoms with Crippen LogP contribution in [0, 0.1) is 0 Å². The van der Waals surface area contributed by atoms with Crippen molar-refractivity contribution in [2.24, 2.45) is 4.99 Å². The SMILES string of the molecule is CCNC(=NCc1cccc(C(=O)NC)c1)N1CCc2cc(OC)c(OC)cc2C1.I. The van der Waals surface area contributed by atoms with Gasteiger partial charge in [0.1, 0.15) is 0 Å². The number of hydrogen-bond donors (Lipinski definition) is 2. The van der Waals surface area contributed by atoms with E-state index in [0.717, 1.165) is 49.1 Å². The maximum Gasteiger partial charge on any atom is 0.251 e. The maximum atomic E-state index is 11.9. The molecule has 0 radical (unpaired) electrons. The second-order valence-electron chi connectivity index (χ2n) is 7.10. The highest BCUT2D eigenvalue weighted by atomic mass is 127. The third kappa shape index (κ3) is 6.03. The quantitative estimate of drug-likeness (QED) is 0.336. The van der Waals surface area contributed by atoms with Crippen molar-refractivity contribution in [1.82, 2.24) is 15.5 Å². The average molecular weight is 538 g/mol. The molecular weight excluding hydrogens is 507 g/mol. The molecule has 1 heterocycles. The number of carbonyl (C=O) groups excluding carboxylic acids is 1. The molecule has 0 saturated heterocycles. The molecule has 0 atom stereocenters. The summed E-state index contributed by atoms with van der Waals surface area (Å²) in [6.45, 7) is 4.97. The lowest BCUT2D eigenvalue weighted by Crippen LogP contribution is -2.44. The zero-order chi connectivity index (χ0) is 21.5. The number of nitrogens with one attached hydrogen (secondary N) is 2. The van der Waals surface area contributed by atoms with Gasteiger partial charge in [-0.3, -0.25) is 4.79 Å². The van der Waals surface area contributed by atoms with Crippen LogP contribution in [0.4, 0.5) is 0 Å². The van der Waals surface area contributed by atoms with Gasteiger partial charge in [0.2, 0.25) is 0 Å². The van der Waals surface area contributed by atoms with Gasteiger partial charge in [-0.1, -0.05) is 12.1 Å². The van der Waals surface area contributed by atoms with Gasteiger partial charge in [-0.15, -0.1) is 24.0 Å². The molecule has 0 bridgehead atoms. The van der Waals surface area contributed by atoms with E-state index in [0.29, 0.717) is 12.1 Å². The monoisotopic (exact) mass is 538 g/mol. The molecule has 8 heteroatoms. The number of halogens is 1. The summed E-state index contributed by atoms with van der Waals surface area (Å²) in [5.41, 5.74) is 4.13. The fourth-order valence-corrected chi connectivity index (χ4v) is 3.61. The molecule has 31 heavy (non-hydrogen) atoms. The summed E-state index contributed by atoms with van der Waals surface area (Å²) >= 11 is 0. The van der Waals surface area contributed by atoms with Crippen molar-refractivity contribution in [2.45, 2.75) is 26.4 Å². The highest BCUT2D eigenvalue weighted by Gasteiger charge is 2.21. The van der Waals surface area contributed by atoms with E-state index in [-0.39, 0.29) is 29.9 Å². The molecule has 0 fully saturated rings. The Morgan fingerprint density at radius 3 is 2.48 bits per heavy atom. The maximum absolute atomic E-state index is 11.9. The molecule has 0 aliphatic carbocycles. The Kier molecular flexibility index (Phi) is 9.42. The molecule has 0 saturated carbocycles. The molecule has 0 spiro atoms. The topological polar surface area (TPSA) is 75.2 Å². The van der Waals surface area contributed by atoms with Crippen molar-refractivity contribution in [3.8, 4) is 11.5 Å². The predicted molar refractivity (Wildman–Crippen MR) is 134 cm³/mol. The predicted octanol–water partition coefficient (Wildman–Crippen LogP) is 3.21. The highest BCUT2D eigenvalue weighted by molar-refractivity contribution is 14.0. The molecule has 3 rings (SSSR count). The Labute approximate surface area is 201 Å². The van der Waals surface area contributed by atoms with Crippen LogP contribution < -0.4 is 20.1 Å². The third-order valence-corrected chi connectivity index (χ3v) is 5.18. The number of hydrogen-bond acceptors (Lipinski definition) is 4. The number of carbonyl (C=O) groups is 1. The minimum Gasteiger partial charge on any atom is -0.493 e. The van der Waals surface area contributed by atoms with Crippen LogP contribution in [0.2, 0.25) is 0 Å². The zero-order valence-corrected chi connectivity index (χ0v) is 20.9. The molecule has 7 nitrogen and oxygen atoms in total. The van der Waals surface area contributed by atoms with E-state index >= 15 is 0 Å². The number of amides is 1. The Morgan fingerprint density at radius 1 is 1.13 bits per heavy atom. The minimum atomic E-state index is -0.0928. The van der Waals surface area contributed by atoms with Crippen molar-refractivity contribution in [1.29, 1.82) is 0 Å². The van der Waals surface area contributed by atoms with Crippen molar-refractivity contribution >= 4 is 35.8 Å². The summed E-state index contributed by atoms with van der Waals surface area (Å²) in [6, 6.07) is 11.7. The van der Waals surface area contributed by atoms with Gasteiger partial charge >= 0.3 is 0 Å². The fraction of sp³-hybridized carbons (Fsp3) is 0.391. The number of guanidine groups is 1. The van der Waals surface area contributed by atoms with Gasteiger partial charge in [-0.25, -0.2) is 4.99 Å². The Bertz CT molecular complexity index is 933. The van der Waals surface area contributed by atoms with E-state index in [1.54, 1.807) is 27.3 Å². The van der Waals surface area contributed by atoms with Crippen LogP contribution in [0.15, 0.2) is 41.4 Å². The fourth-order valence-electron chi connectivity index (χ4n) is 3.61. The van der Waals surface area contributed by atoms with E-state index in [1.165, 1.54) is 11.1 Å². The summed E-state index contributed by atoms with van der Waals surface area (Å²) in [4.78, 5) is 19.0. The van der Waals surface area contributed by atoms with Gasteiger partial charge in [-0.2, -0.15) is 0 Å². The van der Waals surface area contributed by atoms with Crippen LogP contribution in [0.3, 0.4) is 0 Å². The molecule has 1 amide bonds.